The molecule has 0 aliphatic carbocycles. The Kier molecular flexibility index (Phi) is 6.37. The highest BCUT2D eigenvalue weighted by atomic mass is 19.1. The van der Waals surface area contributed by atoms with Crippen LogP contribution in [0.4, 0.5) is 8.78 Å². The number of nitrogens with zero attached hydrogens (tertiary/aromatic N) is 1. The van der Waals surface area contributed by atoms with Gasteiger partial charge in [-0.05, 0) is 67.3 Å². The van der Waals surface area contributed by atoms with Crippen molar-refractivity contribution in [3.8, 4) is 0 Å². The lowest BCUT2D eigenvalue weighted by Crippen LogP contribution is -2.38. The molecule has 1 saturated heterocycles. The van der Waals surface area contributed by atoms with Crippen molar-refractivity contribution < 1.29 is 13.6 Å². The van der Waals surface area contributed by atoms with Crippen LogP contribution in [0.1, 0.15) is 36.8 Å². The summed E-state index contributed by atoms with van der Waals surface area (Å²) in [7, 11) is 0. The Bertz CT molecular complexity index is 721. The Morgan fingerprint density at radius 1 is 1.00 bits per heavy atom. The minimum absolute atomic E-state index is 0.133. The second-order valence-corrected chi connectivity index (χ2v) is 7.10. The third kappa shape index (κ3) is 5.13. The third-order valence-corrected chi connectivity index (χ3v) is 5.20. The van der Waals surface area contributed by atoms with E-state index in [2.05, 4.69) is 0 Å². The van der Waals surface area contributed by atoms with E-state index in [0.717, 1.165) is 56.3 Å². The molecule has 138 valence electrons. The summed E-state index contributed by atoms with van der Waals surface area (Å²) in [5, 5.41) is 0. The highest BCUT2D eigenvalue weighted by molar-refractivity contribution is 5.76. The number of amides is 1. The second-order valence-electron chi connectivity index (χ2n) is 7.10. The molecule has 0 radical (unpaired) electrons. The van der Waals surface area contributed by atoms with Crippen LogP contribution in [0.15, 0.2) is 48.5 Å². The smallest absolute Gasteiger partial charge is 0.222 e. The van der Waals surface area contributed by atoms with Crippen LogP contribution in [0, 0.1) is 17.6 Å². The molecule has 0 atom stereocenters. The minimum atomic E-state index is -0.233. The molecule has 1 heterocycles. The average Bonchev–Trinajstić information content (AvgIpc) is 2.66. The van der Waals surface area contributed by atoms with Crippen LogP contribution < -0.4 is 0 Å². The molecule has 2 nitrogen and oxygen atoms in total. The minimum Gasteiger partial charge on any atom is -0.343 e. The van der Waals surface area contributed by atoms with Crippen LogP contribution in [0.5, 0.6) is 0 Å². The fraction of sp³-hybridized carbons (Fsp3) is 0.409. The fourth-order valence-electron chi connectivity index (χ4n) is 3.61. The van der Waals surface area contributed by atoms with Gasteiger partial charge in [-0.25, -0.2) is 8.78 Å². The molecule has 1 fully saturated rings. The van der Waals surface area contributed by atoms with Gasteiger partial charge in [-0.3, -0.25) is 4.79 Å². The van der Waals surface area contributed by atoms with Crippen LogP contribution in [0.3, 0.4) is 0 Å². The number of likely N-dealkylation sites (tertiary alicyclic amines) is 1. The van der Waals surface area contributed by atoms with Crippen LogP contribution in [0.25, 0.3) is 0 Å². The summed E-state index contributed by atoms with van der Waals surface area (Å²) in [6.45, 7) is 1.52. The second kappa shape index (κ2) is 8.93. The summed E-state index contributed by atoms with van der Waals surface area (Å²) in [4.78, 5) is 14.3. The Labute approximate surface area is 153 Å². The van der Waals surface area contributed by atoms with Crippen molar-refractivity contribution in [2.24, 2.45) is 5.92 Å². The highest BCUT2D eigenvalue weighted by Crippen LogP contribution is 2.23. The normalized spacial score (nSPS) is 15.2. The topological polar surface area (TPSA) is 20.3 Å². The maximum absolute atomic E-state index is 13.8. The van der Waals surface area contributed by atoms with E-state index in [-0.39, 0.29) is 17.5 Å². The first-order valence-corrected chi connectivity index (χ1v) is 9.37. The van der Waals surface area contributed by atoms with E-state index in [0.29, 0.717) is 12.3 Å². The van der Waals surface area contributed by atoms with Gasteiger partial charge in [0, 0.05) is 19.5 Å². The Morgan fingerprint density at radius 3 is 2.38 bits per heavy atom. The molecule has 1 aliphatic heterocycles. The summed E-state index contributed by atoms with van der Waals surface area (Å²) in [6, 6.07) is 13.4. The molecular weight excluding hydrogens is 332 g/mol. The number of halogens is 2. The summed E-state index contributed by atoms with van der Waals surface area (Å²) in [5.74, 6) is 0.265. The van der Waals surface area contributed by atoms with Crippen molar-refractivity contribution in [3.05, 3.63) is 71.3 Å². The zero-order valence-corrected chi connectivity index (χ0v) is 15.0. The first kappa shape index (κ1) is 18.6. The molecule has 0 saturated carbocycles. The summed E-state index contributed by atoms with van der Waals surface area (Å²) in [6.07, 6.45) is 4.69. The first-order valence-electron chi connectivity index (χ1n) is 9.37. The molecule has 0 bridgehead atoms. The van der Waals surface area contributed by atoms with E-state index >= 15 is 0 Å². The van der Waals surface area contributed by atoms with Gasteiger partial charge in [0.1, 0.15) is 11.6 Å². The van der Waals surface area contributed by atoms with E-state index in [1.807, 2.05) is 17.0 Å². The van der Waals surface area contributed by atoms with Gasteiger partial charge in [0.25, 0.3) is 0 Å². The molecule has 0 N–H and O–H groups in total. The standard InChI is InChI=1S/C22H25F2NO/c23-20-10-8-17(9-11-20)4-3-7-22(26)25-14-12-18(13-15-25)16-19-5-1-2-6-21(19)24/h1-2,5-6,8-11,18H,3-4,7,12-16H2. The van der Waals surface area contributed by atoms with Gasteiger partial charge in [0.2, 0.25) is 5.91 Å². The molecule has 2 aromatic rings. The van der Waals surface area contributed by atoms with Crippen molar-refractivity contribution >= 4 is 5.91 Å². The molecule has 1 amide bonds. The lowest BCUT2D eigenvalue weighted by Gasteiger charge is -2.32. The van der Waals surface area contributed by atoms with Crippen molar-refractivity contribution in [3.63, 3.8) is 0 Å². The Morgan fingerprint density at radius 2 is 1.69 bits per heavy atom. The van der Waals surface area contributed by atoms with Crippen molar-refractivity contribution in [2.75, 3.05) is 13.1 Å². The number of benzene rings is 2. The summed E-state index contributed by atoms with van der Waals surface area (Å²) >= 11 is 0. The van der Waals surface area contributed by atoms with Gasteiger partial charge in [0.05, 0.1) is 0 Å². The number of aryl methyl sites for hydroxylation is 1. The zero-order valence-electron chi connectivity index (χ0n) is 15.0. The van der Waals surface area contributed by atoms with Gasteiger partial charge < -0.3 is 4.90 Å². The molecule has 3 rings (SSSR count). The Hall–Kier alpha value is -2.23. The van der Waals surface area contributed by atoms with E-state index < -0.39 is 0 Å². The molecule has 26 heavy (non-hydrogen) atoms. The zero-order chi connectivity index (χ0) is 18.4. The molecule has 0 aromatic heterocycles. The molecule has 2 aromatic carbocycles. The molecule has 0 spiro atoms. The monoisotopic (exact) mass is 357 g/mol. The SMILES string of the molecule is O=C(CCCc1ccc(F)cc1)N1CCC(Cc2ccccc2F)CC1. The van der Waals surface area contributed by atoms with Crippen molar-refractivity contribution in [1.82, 2.24) is 4.90 Å². The van der Waals surface area contributed by atoms with Gasteiger partial charge in [-0.1, -0.05) is 30.3 Å². The summed E-state index contributed by atoms with van der Waals surface area (Å²) in [5.41, 5.74) is 1.83. The average molecular weight is 357 g/mol. The molecule has 1 aliphatic rings. The van der Waals surface area contributed by atoms with E-state index in [1.54, 1.807) is 18.2 Å². The summed E-state index contributed by atoms with van der Waals surface area (Å²) < 4.78 is 26.7. The number of carbonyl (C=O) groups excluding carboxylic acids is 1. The van der Waals surface area contributed by atoms with E-state index in [9.17, 15) is 13.6 Å². The molecule has 4 heteroatoms. The number of piperidine rings is 1. The number of hydrogen-bond acceptors (Lipinski definition) is 1. The number of rotatable bonds is 6. The van der Waals surface area contributed by atoms with Crippen LogP contribution in [-0.2, 0) is 17.6 Å². The van der Waals surface area contributed by atoms with Crippen molar-refractivity contribution in [2.45, 2.75) is 38.5 Å². The van der Waals surface area contributed by atoms with E-state index in [1.165, 1.54) is 18.2 Å². The van der Waals surface area contributed by atoms with Gasteiger partial charge in [-0.15, -0.1) is 0 Å². The lowest BCUT2D eigenvalue weighted by molar-refractivity contribution is -0.132. The molecule has 0 unspecified atom stereocenters. The lowest BCUT2D eigenvalue weighted by atomic mass is 9.90. The maximum atomic E-state index is 13.8. The largest absolute Gasteiger partial charge is 0.343 e. The van der Waals surface area contributed by atoms with E-state index in [4.69, 9.17) is 0 Å². The van der Waals surface area contributed by atoms with Crippen LogP contribution in [0.2, 0.25) is 0 Å². The fourth-order valence-corrected chi connectivity index (χ4v) is 3.61. The van der Waals surface area contributed by atoms with Crippen molar-refractivity contribution in [1.29, 1.82) is 0 Å². The van der Waals surface area contributed by atoms with Gasteiger partial charge in [-0.2, -0.15) is 0 Å². The Balaban J connectivity index is 1.39. The quantitative estimate of drug-likeness (QED) is 0.729. The predicted molar refractivity (Wildman–Crippen MR) is 98.7 cm³/mol. The maximum Gasteiger partial charge on any atom is 0.222 e. The van der Waals surface area contributed by atoms with Gasteiger partial charge in [0.15, 0.2) is 0 Å². The number of carbonyl (C=O) groups is 1. The molecular formula is C22H25F2NO. The third-order valence-electron chi connectivity index (χ3n) is 5.20. The first-order chi connectivity index (χ1) is 12.6. The predicted octanol–water partition coefficient (Wildman–Crippen LogP) is 4.77. The number of hydrogen-bond donors (Lipinski definition) is 0. The van der Waals surface area contributed by atoms with Crippen LogP contribution in [-0.4, -0.2) is 23.9 Å². The van der Waals surface area contributed by atoms with Crippen LogP contribution >= 0.6 is 0 Å². The highest BCUT2D eigenvalue weighted by Gasteiger charge is 2.23. The van der Waals surface area contributed by atoms with Gasteiger partial charge >= 0.3 is 0 Å².